The third kappa shape index (κ3) is 2.11. The van der Waals surface area contributed by atoms with Crippen molar-refractivity contribution in [1.29, 1.82) is 0 Å². The van der Waals surface area contributed by atoms with E-state index in [1.807, 2.05) is 0 Å². The van der Waals surface area contributed by atoms with Gasteiger partial charge in [-0.1, -0.05) is 25.1 Å². The Morgan fingerprint density at radius 2 is 1.92 bits per heavy atom. The molecule has 0 heterocycles. The molecule has 0 fully saturated rings. The van der Waals surface area contributed by atoms with Gasteiger partial charge < -0.3 is 4.57 Å². The first kappa shape index (κ1) is 9.33. The number of hydrogen-bond acceptors (Lipinski definition) is 1. The molecule has 0 spiro atoms. The molecule has 1 aromatic rings. The van der Waals surface area contributed by atoms with Crippen molar-refractivity contribution < 1.29 is 0 Å². The van der Waals surface area contributed by atoms with Crippen LogP contribution in [-0.4, -0.2) is 16.4 Å². The van der Waals surface area contributed by atoms with Gasteiger partial charge in [0.1, 0.15) is 10.4 Å². The lowest BCUT2D eigenvalue weighted by Crippen LogP contribution is -2.29. The highest BCUT2D eigenvalue weighted by atomic mass is 28.2. The van der Waals surface area contributed by atoms with Crippen molar-refractivity contribution in [2.45, 2.75) is 26.3 Å². The molecule has 1 aromatic carbocycles. The van der Waals surface area contributed by atoms with Gasteiger partial charge in [-0.15, -0.1) is 0 Å². The molecule has 1 nitrogen and oxygen atoms in total. The zero-order valence-electron chi connectivity index (χ0n) is 8.12. The van der Waals surface area contributed by atoms with Gasteiger partial charge >= 0.3 is 0 Å². The second-order valence-electron chi connectivity index (χ2n) is 3.20. The molecule has 2 heteroatoms. The highest BCUT2D eigenvalue weighted by Gasteiger charge is 2.05. The lowest BCUT2D eigenvalue weighted by atomic mass is 10.2. The standard InChI is InChI=1S/C10H17NSi/c1-3-9(2)11(12)10-7-5-4-6-8-10/h4-9H,3H2,1-2,12H3. The SMILES string of the molecule is CCC(C)N([SiH3])c1ccccc1. The molecule has 0 aromatic heterocycles. The molecular weight excluding hydrogens is 162 g/mol. The van der Waals surface area contributed by atoms with E-state index in [0.29, 0.717) is 6.04 Å². The van der Waals surface area contributed by atoms with E-state index >= 15 is 0 Å². The van der Waals surface area contributed by atoms with Gasteiger partial charge in [0.2, 0.25) is 0 Å². The number of rotatable bonds is 3. The van der Waals surface area contributed by atoms with Crippen LogP contribution in [0.5, 0.6) is 0 Å². The Hall–Kier alpha value is -0.763. The van der Waals surface area contributed by atoms with E-state index in [2.05, 4.69) is 48.7 Å². The number of para-hydroxylation sites is 1. The van der Waals surface area contributed by atoms with Crippen LogP contribution < -0.4 is 4.57 Å². The minimum atomic E-state index is 0.680. The molecule has 1 atom stereocenters. The molecule has 12 heavy (non-hydrogen) atoms. The average molecular weight is 179 g/mol. The topological polar surface area (TPSA) is 3.24 Å². The van der Waals surface area contributed by atoms with Crippen molar-refractivity contribution in [3.63, 3.8) is 0 Å². The van der Waals surface area contributed by atoms with E-state index in [1.165, 1.54) is 12.1 Å². The molecule has 0 radical (unpaired) electrons. The van der Waals surface area contributed by atoms with Gasteiger partial charge in [-0.25, -0.2) is 0 Å². The average Bonchev–Trinajstić information content (AvgIpc) is 2.17. The van der Waals surface area contributed by atoms with Crippen molar-refractivity contribution in [1.82, 2.24) is 0 Å². The Kier molecular flexibility index (Phi) is 3.35. The van der Waals surface area contributed by atoms with E-state index in [4.69, 9.17) is 0 Å². The highest BCUT2D eigenvalue weighted by Crippen LogP contribution is 2.14. The van der Waals surface area contributed by atoms with Crippen LogP contribution in [0.4, 0.5) is 5.69 Å². The monoisotopic (exact) mass is 179 g/mol. The summed E-state index contributed by atoms with van der Waals surface area (Å²) in [5.41, 5.74) is 1.36. The Morgan fingerprint density at radius 1 is 1.33 bits per heavy atom. The second kappa shape index (κ2) is 4.31. The van der Waals surface area contributed by atoms with E-state index in [0.717, 1.165) is 10.4 Å². The summed E-state index contributed by atoms with van der Waals surface area (Å²) in [7, 11) is 1.10. The minimum absolute atomic E-state index is 0.680. The maximum atomic E-state index is 2.44. The molecule has 1 unspecified atom stereocenters. The van der Waals surface area contributed by atoms with Crippen LogP contribution in [0.3, 0.4) is 0 Å². The van der Waals surface area contributed by atoms with Crippen LogP contribution in [-0.2, 0) is 0 Å². The zero-order chi connectivity index (χ0) is 8.97. The summed E-state index contributed by atoms with van der Waals surface area (Å²) in [4.78, 5) is 0. The molecule has 0 saturated carbocycles. The Balaban J connectivity index is 2.71. The summed E-state index contributed by atoms with van der Waals surface area (Å²) in [6.07, 6.45) is 1.22. The smallest absolute Gasteiger partial charge is 0.108 e. The first-order chi connectivity index (χ1) is 5.75. The summed E-state index contributed by atoms with van der Waals surface area (Å²) in [5.74, 6) is 0. The van der Waals surface area contributed by atoms with Crippen LogP contribution in [0.25, 0.3) is 0 Å². The van der Waals surface area contributed by atoms with Crippen LogP contribution >= 0.6 is 0 Å². The van der Waals surface area contributed by atoms with Gasteiger partial charge in [0.25, 0.3) is 0 Å². The third-order valence-electron chi connectivity index (χ3n) is 2.42. The second-order valence-corrected chi connectivity index (χ2v) is 4.17. The molecule has 0 saturated heterocycles. The highest BCUT2D eigenvalue weighted by molar-refractivity contribution is 6.18. The molecule has 1 rings (SSSR count). The van der Waals surface area contributed by atoms with Gasteiger partial charge in [-0.05, 0) is 25.5 Å². The predicted octanol–water partition coefficient (Wildman–Crippen LogP) is 1.57. The molecule has 0 aliphatic heterocycles. The molecular formula is C10H17NSi. The summed E-state index contributed by atoms with van der Waals surface area (Å²) in [5, 5.41) is 0. The number of hydrogen-bond donors (Lipinski definition) is 0. The molecule has 0 aliphatic carbocycles. The molecule has 66 valence electrons. The first-order valence-electron chi connectivity index (χ1n) is 4.53. The van der Waals surface area contributed by atoms with Crippen molar-refractivity contribution in [2.75, 3.05) is 4.57 Å². The molecule has 0 amide bonds. The van der Waals surface area contributed by atoms with Crippen LogP contribution in [0.15, 0.2) is 30.3 Å². The zero-order valence-corrected chi connectivity index (χ0v) is 10.1. The number of benzene rings is 1. The van der Waals surface area contributed by atoms with Crippen LogP contribution in [0.2, 0.25) is 0 Å². The number of nitrogens with zero attached hydrogens (tertiary/aromatic N) is 1. The van der Waals surface area contributed by atoms with Crippen LogP contribution in [0.1, 0.15) is 20.3 Å². The van der Waals surface area contributed by atoms with Gasteiger partial charge in [0.15, 0.2) is 0 Å². The van der Waals surface area contributed by atoms with Gasteiger partial charge in [-0.2, -0.15) is 0 Å². The summed E-state index contributed by atoms with van der Waals surface area (Å²) >= 11 is 0. The maximum absolute atomic E-state index is 2.44. The Morgan fingerprint density at radius 3 is 2.42 bits per heavy atom. The van der Waals surface area contributed by atoms with Crippen molar-refractivity contribution in [3.05, 3.63) is 30.3 Å². The summed E-state index contributed by atoms with van der Waals surface area (Å²) < 4.78 is 2.44. The van der Waals surface area contributed by atoms with E-state index in [9.17, 15) is 0 Å². The van der Waals surface area contributed by atoms with Crippen molar-refractivity contribution in [3.8, 4) is 0 Å². The van der Waals surface area contributed by atoms with Gasteiger partial charge in [0.05, 0.1) is 0 Å². The first-order valence-corrected chi connectivity index (χ1v) is 5.43. The molecule has 0 bridgehead atoms. The minimum Gasteiger partial charge on any atom is -0.404 e. The predicted molar refractivity (Wildman–Crippen MR) is 58.6 cm³/mol. The third-order valence-corrected chi connectivity index (χ3v) is 3.81. The number of anilines is 1. The van der Waals surface area contributed by atoms with Crippen molar-refractivity contribution in [2.24, 2.45) is 0 Å². The summed E-state index contributed by atoms with van der Waals surface area (Å²) in [6.45, 7) is 4.51. The van der Waals surface area contributed by atoms with E-state index in [-0.39, 0.29) is 0 Å². The van der Waals surface area contributed by atoms with Crippen LogP contribution in [0, 0.1) is 0 Å². The molecule has 0 N–H and O–H groups in total. The molecule has 0 aliphatic rings. The lowest BCUT2D eigenvalue weighted by molar-refractivity contribution is 0.714. The Bertz CT molecular complexity index is 223. The fraction of sp³-hybridized carbons (Fsp3) is 0.400. The van der Waals surface area contributed by atoms with Gasteiger partial charge in [-0.3, -0.25) is 0 Å². The fourth-order valence-electron chi connectivity index (χ4n) is 1.19. The lowest BCUT2D eigenvalue weighted by Gasteiger charge is -2.26. The van der Waals surface area contributed by atoms with E-state index < -0.39 is 0 Å². The maximum Gasteiger partial charge on any atom is 0.108 e. The van der Waals surface area contributed by atoms with Crippen molar-refractivity contribution >= 4 is 16.1 Å². The fourth-order valence-corrected chi connectivity index (χ4v) is 1.85. The normalized spacial score (nSPS) is 12.8. The largest absolute Gasteiger partial charge is 0.404 e. The van der Waals surface area contributed by atoms with Gasteiger partial charge in [0, 0.05) is 11.7 Å². The van der Waals surface area contributed by atoms with E-state index in [1.54, 1.807) is 0 Å². The summed E-state index contributed by atoms with van der Waals surface area (Å²) in [6, 6.07) is 11.3. The Labute approximate surface area is 77.9 Å². The quantitative estimate of drug-likeness (QED) is 0.637.